The lowest BCUT2D eigenvalue weighted by Gasteiger charge is -2.27. The molecule has 0 saturated heterocycles. The molecule has 1 fully saturated rings. The average Bonchev–Trinajstić information content (AvgIpc) is 3.52. The SMILES string of the molecule is Nc1nnc(SCC(=O)N2N=C3C(=Cc4ccco4)CCCC3C2c2ccco2)s1. The second-order valence-electron chi connectivity index (χ2n) is 7.06. The van der Waals surface area contributed by atoms with Crippen LogP contribution in [0.25, 0.3) is 6.08 Å². The Morgan fingerprint density at radius 1 is 1.30 bits per heavy atom. The number of hydrogen-bond donors (Lipinski definition) is 1. The lowest BCUT2D eigenvalue weighted by Crippen LogP contribution is -2.32. The van der Waals surface area contributed by atoms with Gasteiger partial charge < -0.3 is 14.6 Å². The number of hydrogen-bond acceptors (Lipinski definition) is 9. The first kappa shape index (κ1) is 19.1. The summed E-state index contributed by atoms with van der Waals surface area (Å²) in [6.07, 6.45) is 8.19. The number of carbonyl (C=O) groups is 1. The Bertz CT molecular complexity index is 1090. The molecular formula is C20H19N5O3S2. The van der Waals surface area contributed by atoms with E-state index >= 15 is 0 Å². The molecule has 2 atom stereocenters. The summed E-state index contributed by atoms with van der Waals surface area (Å²) >= 11 is 2.58. The minimum atomic E-state index is -0.247. The molecule has 3 aromatic rings. The molecule has 0 bridgehead atoms. The summed E-state index contributed by atoms with van der Waals surface area (Å²) in [6, 6.07) is 7.29. The van der Waals surface area contributed by atoms with Gasteiger partial charge in [-0.2, -0.15) is 5.10 Å². The summed E-state index contributed by atoms with van der Waals surface area (Å²) in [5.41, 5.74) is 7.68. The van der Waals surface area contributed by atoms with Crippen LogP contribution in [0.2, 0.25) is 0 Å². The van der Waals surface area contributed by atoms with Crippen molar-refractivity contribution in [3.63, 3.8) is 0 Å². The zero-order valence-electron chi connectivity index (χ0n) is 15.9. The maximum atomic E-state index is 13.1. The molecule has 1 amide bonds. The highest BCUT2D eigenvalue weighted by Crippen LogP contribution is 2.44. The number of furan rings is 2. The van der Waals surface area contributed by atoms with Crippen molar-refractivity contribution < 1.29 is 13.6 Å². The highest BCUT2D eigenvalue weighted by molar-refractivity contribution is 8.01. The van der Waals surface area contributed by atoms with E-state index in [-0.39, 0.29) is 23.6 Å². The van der Waals surface area contributed by atoms with Crippen molar-refractivity contribution in [2.24, 2.45) is 11.0 Å². The van der Waals surface area contributed by atoms with Crippen LogP contribution in [0.4, 0.5) is 5.13 Å². The molecule has 0 spiro atoms. The lowest BCUT2D eigenvalue weighted by molar-refractivity contribution is -0.131. The monoisotopic (exact) mass is 441 g/mol. The third kappa shape index (κ3) is 3.68. The second-order valence-corrected chi connectivity index (χ2v) is 9.29. The van der Waals surface area contributed by atoms with E-state index in [0.29, 0.717) is 9.47 Å². The third-order valence-electron chi connectivity index (χ3n) is 5.19. The minimum Gasteiger partial charge on any atom is -0.467 e. The largest absolute Gasteiger partial charge is 0.467 e. The summed E-state index contributed by atoms with van der Waals surface area (Å²) in [6.45, 7) is 0. The molecule has 4 heterocycles. The van der Waals surface area contributed by atoms with Crippen LogP contribution in [0.1, 0.15) is 36.8 Å². The van der Waals surface area contributed by atoms with E-state index in [4.69, 9.17) is 19.7 Å². The van der Waals surface area contributed by atoms with Gasteiger partial charge in [0.2, 0.25) is 5.13 Å². The van der Waals surface area contributed by atoms with E-state index in [9.17, 15) is 4.79 Å². The number of carbonyl (C=O) groups excluding carboxylic acids is 1. The number of nitrogens with zero attached hydrogens (tertiary/aromatic N) is 4. The molecule has 2 N–H and O–H groups in total. The van der Waals surface area contributed by atoms with E-state index in [1.807, 2.05) is 30.3 Å². The smallest absolute Gasteiger partial charge is 0.253 e. The van der Waals surface area contributed by atoms with Crippen LogP contribution >= 0.6 is 23.1 Å². The van der Waals surface area contributed by atoms with Crippen LogP contribution in [0.3, 0.4) is 0 Å². The minimum absolute atomic E-state index is 0.0947. The molecule has 8 nitrogen and oxygen atoms in total. The van der Waals surface area contributed by atoms with Crippen LogP contribution in [-0.4, -0.2) is 32.6 Å². The second kappa shape index (κ2) is 8.11. The number of rotatable bonds is 5. The van der Waals surface area contributed by atoms with E-state index in [0.717, 1.165) is 42.1 Å². The average molecular weight is 442 g/mol. The Labute approximate surface area is 180 Å². The number of amides is 1. The van der Waals surface area contributed by atoms with Gasteiger partial charge in [0.05, 0.1) is 24.0 Å². The molecule has 1 aliphatic carbocycles. The topological polar surface area (TPSA) is 111 Å². The van der Waals surface area contributed by atoms with Crippen molar-refractivity contribution in [2.75, 3.05) is 11.5 Å². The van der Waals surface area contributed by atoms with Crippen molar-refractivity contribution >= 4 is 45.9 Å². The van der Waals surface area contributed by atoms with Crippen molar-refractivity contribution in [1.29, 1.82) is 0 Å². The standard InChI is InChI=1S/C20H19N5O3S2/c21-19-22-23-20(30-19)29-11-16(26)25-18(15-7-3-9-28-15)14-6-1-4-12(17(14)24-25)10-13-5-2-8-27-13/h2-3,5,7-10,14,18H,1,4,6,11H2,(H2,21,22). The first-order valence-corrected chi connectivity index (χ1v) is 11.4. The van der Waals surface area contributed by atoms with Crippen LogP contribution in [0, 0.1) is 5.92 Å². The van der Waals surface area contributed by atoms with Crippen molar-refractivity contribution in [2.45, 2.75) is 29.6 Å². The predicted octanol–water partition coefficient (Wildman–Crippen LogP) is 4.22. The van der Waals surface area contributed by atoms with Gasteiger partial charge in [-0.3, -0.25) is 4.79 Å². The summed E-state index contributed by atoms with van der Waals surface area (Å²) < 4.78 is 11.9. The highest BCUT2D eigenvalue weighted by atomic mass is 32.2. The number of allylic oxidation sites excluding steroid dienone is 1. The molecule has 1 saturated carbocycles. The molecule has 0 radical (unpaired) electrons. The summed E-state index contributed by atoms with van der Waals surface area (Å²) in [5.74, 6) is 1.73. The number of hydrazone groups is 1. The van der Waals surface area contributed by atoms with Gasteiger partial charge in [0, 0.05) is 5.92 Å². The van der Waals surface area contributed by atoms with E-state index in [2.05, 4.69) is 10.2 Å². The normalized spacial score (nSPS) is 22.3. The summed E-state index contributed by atoms with van der Waals surface area (Å²) in [7, 11) is 0. The quantitative estimate of drug-likeness (QED) is 0.590. The molecule has 5 rings (SSSR count). The van der Waals surface area contributed by atoms with Crippen LogP contribution in [0.5, 0.6) is 0 Å². The van der Waals surface area contributed by atoms with E-state index < -0.39 is 0 Å². The lowest BCUT2D eigenvalue weighted by atomic mass is 9.79. The molecule has 10 heteroatoms. The number of nitrogen functional groups attached to an aromatic ring is 1. The third-order valence-corrected chi connectivity index (χ3v) is 7.06. The van der Waals surface area contributed by atoms with Gasteiger partial charge in [-0.25, -0.2) is 5.01 Å². The number of aromatic nitrogens is 2. The first-order chi connectivity index (χ1) is 14.7. The molecule has 2 unspecified atom stereocenters. The van der Waals surface area contributed by atoms with Crippen molar-refractivity contribution in [3.8, 4) is 0 Å². The van der Waals surface area contributed by atoms with E-state index in [1.165, 1.54) is 23.1 Å². The molecular weight excluding hydrogens is 422 g/mol. The highest BCUT2D eigenvalue weighted by Gasteiger charge is 2.45. The number of nitrogens with two attached hydrogens (primary N) is 1. The molecule has 2 aliphatic rings. The zero-order valence-corrected chi connectivity index (χ0v) is 17.6. The summed E-state index contributed by atoms with van der Waals surface area (Å²) in [5, 5.41) is 14.5. The van der Waals surface area contributed by atoms with Gasteiger partial charge in [0.25, 0.3) is 5.91 Å². The fourth-order valence-corrected chi connectivity index (χ4v) is 5.45. The molecule has 154 valence electrons. The zero-order chi connectivity index (χ0) is 20.5. The Hall–Kier alpha value is -2.85. The fraction of sp³-hybridized carbons (Fsp3) is 0.300. The fourth-order valence-electron chi connectivity index (χ4n) is 3.96. The van der Waals surface area contributed by atoms with Gasteiger partial charge in [-0.15, -0.1) is 10.2 Å². The van der Waals surface area contributed by atoms with Gasteiger partial charge in [-0.05, 0) is 55.2 Å². The number of fused-ring (bicyclic) bond motifs is 1. The van der Waals surface area contributed by atoms with Crippen LogP contribution < -0.4 is 5.73 Å². The molecule has 0 aromatic carbocycles. The number of anilines is 1. The van der Waals surface area contributed by atoms with Crippen LogP contribution in [-0.2, 0) is 4.79 Å². The Morgan fingerprint density at radius 3 is 2.90 bits per heavy atom. The first-order valence-electron chi connectivity index (χ1n) is 9.59. The van der Waals surface area contributed by atoms with Gasteiger partial charge >= 0.3 is 0 Å². The Kier molecular flexibility index (Phi) is 5.17. The van der Waals surface area contributed by atoms with Crippen molar-refractivity contribution in [3.05, 3.63) is 53.9 Å². The number of thioether (sulfide) groups is 1. The van der Waals surface area contributed by atoms with Gasteiger partial charge in [0.15, 0.2) is 4.34 Å². The predicted molar refractivity (Wildman–Crippen MR) is 115 cm³/mol. The summed E-state index contributed by atoms with van der Waals surface area (Å²) in [4.78, 5) is 13.1. The molecule has 30 heavy (non-hydrogen) atoms. The van der Waals surface area contributed by atoms with E-state index in [1.54, 1.807) is 17.5 Å². The molecule has 3 aromatic heterocycles. The van der Waals surface area contributed by atoms with Crippen LogP contribution in [0.15, 0.2) is 60.6 Å². The van der Waals surface area contributed by atoms with Gasteiger partial charge in [0.1, 0.15) is 17.6 Å². The maximum absolute atomic E-state index is 13.1. The van der Waals surface area contributed by atoms with Crippen molar-refractivity contribution in [1.82, 2.24) is 15.2 Å². The maximum Gasteiger partial charge on any atom is 0.253 e. The Morgan fingerprint density at radius 2 is 2.17 bits per heavy atom. The Balaban J connectivity index is 1.44. The molecule has 1 aliphatic heterocycles. The van der Waals surface area contributed by atoms with Gasteiger partial charge in [-0.1, -0.05) is 23.1 Å².